The van der Waals surface area contributed by atoms with Gasteiger partial charge in [0.05, 0.1) is 16.7 Å². The fraction of sp³-hybridized carbons (Fsp3) is 0.233. The van der Waals surface area contributed by atoms with Crippen LogP contribution in [0.5, 0.6) is 5.75 Å². The number of hydrogen-bond donors (Lipinski definition) is 0. The summed E-state index contributed by atoms with van der Waals surface area (Å²) in [6.45, 7) is 1.82. The van der Waals surface area contributed by atoms with E-state index in [0.717, 1.165) is 5.56 Å². The lowest BCUT2D eigenvalue weighted by molar-refractivity contribution is -0.142. The first kappa shape index (κ1) is 26.5. The second-order valence-corrected chi connectivity index (χ2v) is 8.98. The van der Waals surface area contributed by atoms with Crippen LogP contribution in [0, 0.1) is 6.92 Å². The Kier molecular flexibility index (Phi) is 8.43. The van der Waals surface area contributed by atoms with Gasteiger partial charge in [0.25, 0.3) is 11.8 Å². The van der Waals surface area contributed by atoms with E-state index < -0.39 is 18.5 Å². The first-order valence-corrected chi connectivity index (χ1v) is 12.4. The molecule has 3 aromatic carbocycles. The van der Waals surface area contributed by atoms with E-state index in [1.807, 2.05) is 19.1 Å². The molecule has 1 aliphatic heterocycles. The van der Waals surface area contributed by atoms with Crippen LogP contribution in [-0.4, -0.2) is 47.6 Å². The third-order valence-corrected chi connectivity index (χ3v) is 6.18. The van der Waals surface area contributed by atoms with E-state index in [1.54, 1.807) is 36.4 Å². The zero-order valence-corrected chi connectivity index (χ0v) is 21.0. The van der Waals surface area contributed by atoms with Crippen molar-refractivity contribution in [1.29, 1.82) is 0 Å². The number of imide groups is 1. The second kappa shape index (κ2) is 12.1. The molecule has 0 atom stereocenters. The fourth-order valence-electron chi connectivity index (χ4n) is 4.02. The van der Waals surface area contributed by atoms with Crippen LogP contribution in [0.3, 0.4) is 0 Å². The van der Waals surface area contributed by atoms with Crippen LogP contribution in [0.2, 0.25) is 0 Å². The zero-order chi connectivity index (χ0) is 27.1. The van der Waals surface area contributed by atoms with Crippen LogP contribution >= 0.6 is 0 Å². The molecule has 0 saturated carbocycles. The lowest BCUT2D eigenvalue weighted by atomic mass is 10.1. The van der Waals surface area contributed by atoms with Crippen molar-refractivity contribution >= 4 is 29.5 Å². The summed E-state index contributed by atoms with van der Waals surface area (Å²) >= 11 is 0. The molecule has 0 saturated heterocycles. The number of ether oxygens (including phenoxy) is 2. The summed E-state index contributed by atoms with van der Waals surface area (Å²) < 4.78 is 10.4. The van der Waals surface area contributed by atoms with Crippen molar-refractivity contribution in [3.8, 4) is 5.75 Å². The molecule has 0 bridgehead atoms. The van der Waals surface area contributed by atoms with E-state index in [0.29, 0.717) is 47.3 Å². The van der Waals surface area contributed by atoms with Crippen molar-refractivity contribution in [1.82, 2.24) is 4.90 Å². The van der Waals surface area contributed by atoms with Crippen LogP contribution in [0.1, 0.15) is 72.7 Å². The van der Waals surface area contributed by atoms with Gasteiger partial charge in [-0.05, 0) is 68.3 Å². The number of hydrogen-bond acceptors (Lipinski definition) is 7. The largest absolute Gasteiger partial charge is 0.457 e. The fourth-order valence-corrected chi connectivity index (χ4v) is 4.02. The van der Waals surface area contributed by atoms with Gasteiger partial charge in [-0.2, -0.15) is 0 Å². The lowest BCUT2D eigenvalue weighted by Gasteiger charge is -2.13. The number of carbonyl (C=O) groups excluding carboxylic acids is 5. The quantitative estimate of drug-likeness (QED) is 0.119. The van der Waals surface area contributed by atoms with Gasteiger partial charge in [-0.1, -0.05) is 36.2 Å². The Morgan fingerprint density at radius 2 is 1.34 bits per heavy atom. The van der Waals surface area contributed by atoms with Crippen molar-refractivity contribution < 1.29 is 33.4 Å². The Morgan fingerprint density at radius 1 is 0.737 bits per heavy atom. The Labute approximate surface area is 220 Å². The molecule has 1 aliphatic rings. The van der Waals surface area contributed by atoms with E-state index in [-0.39, 0.29) is 30.6 Å². The summed E-state index contributed by atoms with van der Waals surface area (Å²) in [5.41, 5.74) is 2.62. The Hall–Kier alpha value is -4.59. The highest BCUT2D eigenvalue weighted by Gasteiger charge is 2.34. The standard InChI is InChI=1S/C30H27NO7/c1-20-10-12-22(13-11-20)30(36)38-23-16-14-21(15-17-23)26(32)19-37-27(33)9-3-2-6-18-31-28(34)24-7-4-5-8-25(24)29(31)35/h4-5,7-8,10-17H,2-3,6,9,18-19H2,1H3. The first-order valence-electron chi connectivity index (χ1n) is 12.4. The highest BCUT2D eigenvalue weighted by atomic mass is 16.5. The smallest absolute Gasteiger partial charge is 0.343 e. The van der Waals surface area contributed by atoms with Gasteiger partial charge in [-0.25, -0.2) is 4.79 Å². The van der Waals surface area contributed by atoms with Crippen LogP contribution in [0.15, 0.2) is 72.8 Å². The summed E-state index contributed by atoms with van der Waals surface area (Å²) in [7, 11) is 0. The number of fused-ring (bicyclic) bond motifs is 1. The minimum Gasteiger partial charge on any atom is -0.457 e. The normalized spacial score (nSPS) is 12.3. The minimum absolute atomic E-state index is 0.128. The van der Waals surface area contributed by atoms with Gasteiger partial charge >= 0.3 is 11.9 Å². The van der Waals surface area contributed by atoms with Gasteiger partial charge in [0.1, 0.15) is 5.75 Å². The van der Waals surface area contributed by atoms with E-state index in [9.17, 15) is 24.0 Å². The molecule has 0 aliphatic carbocycles. The van der Waals surface area contributed by atoms with Crippen LogP contribution in [0.25, 0.3) is 0 Å². The number of Topliss-reactive ketones (excluding diaryl/α,β-unsaturated/α-hetero) is 1. The number of carbonyl (C=O) groups is 5. The maximum atomic E-state index is 12.4. The molecule has 0 aromatic heterocycles. The van der Waals surface area contributed by atoms with E-state index >= 15 is 0 Å². The summed E-state index contributed by atoms with van der Waals surface area (Å²) in [4.78, 5) is 62.6. The number of nitrogens with zero attached hydrogens (tertiary/aromatic N) is 1. The number of esters is 2. The minimum atomic E-state index is -0.498. The van der Waals surface area contributed by atoms with Crippen molar-refractivity contribution in [2.75, 3.05) is 13.2 Å². The number of rotatable bonds is 11. The molecule has 2 amide bonds. The van der Waals surface area contributed by atoms with Crippen LogP contribution in [-0.2, 0) is 9.53 Å². The zero-order valence-electron chi connectivity index (χ0n) is 21.0. The molecule has 0 spiro atoms. The Balaban J connectivity index is 1.13. The number of ketones is 1. The Morgan fingerprint density at radius 3 is 1.97 bits per heavy atom. The molecular formula is C30H27NO7. The predicted octanol–water partition coefficient (Wildman–Crippen LogP) is 4.80. The molecule has 3 aromatic rings. The molecule has 8 heteroatoms. The van der Waals surface area contributed by atoms with Gasteiger partial charge in [-0.3, -0.25) is 24.1 Å². The number of unbranched alkanes of at least 4 members (excludes halogenated alkanes) is 2. The van der Waals surface area contributed by atoms with E-state index in [1.165, 1.54) is 29.2 Å². The van der Waals surface area contributed by atoms with Gasteiger partial charge in [0.2, 0.25) is 0 Å². The third-order valence-electron chi connectivity index (χ3n) is 6.18. The highest BCUT2D eigenvalue weighted by Crippen LogP contribution is 2.23. The van der Waals surface area contributed by atoms with Gasteiger partial charge in [0.15, 0.2) is 12.4 Å². The van der Waals surface area contributed by atoms with E-state index in [4.69, 9.17) is 9.47 Å². The monoisotopic (exact) mass is 513 g/mol. The third kappa shape index (κ3) is 6.39. The number of aryl methyl sites for hydroxylation is 1. The van der Waals surface area contributed by atoms with Crippen LogP contribution < -0.4 is 4.74 Å². The van der Waals surface area contributed by atoms with Crippen LogP contribution in [0.4, 0.5) is 0 Å². The molecular weight excluding hydrogens is 486 g/mol. The summed E-state index contributed by atoms with van der Waals surface area (Å²) in [5.74, 6) is -1.66. The molecule has 38 heavy (non-hydrogen) atoms. The van der Waals surface area contributed by atoms with Crippen molar-refractivity contribution in [2.45, 2.75) is 32.6 Å². The molecule has 0 N–H and O–H groups in total. The molecule has 4 rings (SSSR count). The average molecular weight is 514 g/mol. The summed E-state index contributed by atoms with van der Waals surface area (Å²) in [6, 6.07) is 19.8. The maximum absolute atomic E-state index is 12.4. The van der Waals surface area contributed by atoms with Gasteiger partial charge < -0.3 is 9.47 Å². The molecule has 0 unspecified atom stereocenters. The predicted molar refractivity (Wildman–Crippen MR) is 138 cm³/mol. The lowest BCUT2D eigenvalue weighted by Crippen LogP contribution is -2.30. The summed E-state index contributed by atoms with van der Waals surface area (Å²) in [6.07, 6.45) is 1.83. The van der Waals surface area contributed by atoms with Gasteiger partial charge in [-0.15, -0.1) is 0 Å². The molecule has 1 heterocycles. The molecule has 0 radical (unpaired) electrons. The first-order chi connectivity index (χ1) is 18.3. The highest BCUT2D eigenvalue weighted by molar-refractivity contribution is 6.21. The average Bonchev–Trinajstić information content (AvgIpc) is 3.17. The maximum Gasteiger partial charge on any atom is 0.343 e. The number of amides is 2. The number of benzene rings is 3. The van der Waals surface area contributed by atoms with Crippen molar-refractivity contribution in [3.05, 3.63) is 101 Å². The molecule has 8 nitrogen and oxygen atoms in total. The summed E-state index contributed by atoms with van der Waals surface area (Å²) in [5, 5.41) is 0. The SMILES string of the molecule is Cc1ccc(C(=O)Oc2ccc(C(=O)COC(=O)CCCCCN3C(=O)c4ccccc4C3=O)cc2)cc1. The molecule has 0 fully saturated rings. The topological polar surface area (TPSA) is 107 Å². The second-order valence-electron chi connectivity index (χ2n) is 8.98. The van der Waals surface area contributed by atoms with E-state index in [2.05, 4.69) is 0 Å². The Bertz CT molecular complexity index is 1330. The van der Waals surface area contributed by atoms with Gasteiger partial charge in [0, 0.05) is 18.5 Å². The van der Waals surface area contributed by atoms with Crippen molar-refractivity contribution in [2.24, 2.45) is 0 Å². The molecule has 194 valence electrons. The van der Waals surface area contributed by atoms with Crippen molar-refractivity contribution in [3.63, 3.8) is 0 Å².